The number of hydrogen-bond acceptors (Lipinski definition) is 3. The molecule has 1 N–H and O–H groups in total. The van der Waals surface area contributed by atoms with Gasteiger partial charge in [-0.25, -0.2) is 8.78 Å². The molecule has 0 aromatic heterocycles. The third-order valence-corrected chi connectivity index (χ3v) is 5.02. The van der Waals surface area contributed by atoms with Gasteiger partial charge in [0.05, 0.1) is 22.9 Å². The molecule has 1 atom stereocenters. The molecule has 0 bridgehead atoms. The minimum absolute atomic E-state index is 0.0185. The molecule has 1 saturated heterocycles. The van der Waals surface area contributed by atoms with Gasteiger partial charge in [0.2, 0.25) is 0 Å². The van der Waals surface area contributed by atoms with E-state index in [-0.39, 0.29) is 17.3 Å². The molecule has 2 aromatic rings. The second-order valence-corrected chi connectivity index (χ2v) is 10.2. The number of carboxylic acid groups (broad SMARTS) is 1. The van der Waals surface area contributed by atoms with Crippen molar-refractivity contribution in [2.75, 3.05) is 19.6 Å². The molecular weight excluding hydrogens is 469 g/mol. The first-order chi connectivity index (χ1) is 15.3. The number of carboxylic acids is 1. The van der Waals surface area contributed by atoms with E-state index in [2.05, 4.69) is 33.8 Å². The predicted molar refractivity (Wildman–Crippen MR) is 129 cm³/mol. The lowest BCUT2D eigenvalue weighted by Gasteiger charge is -2.22. The molecule has 2 aromatic carbocycles. The van der Waals surface area contributed by atoms with Crippen LogP contribution >= 0.6 is 23.2 Å². The fourth-order valence-electron chi connectivity index (χ4n) is 3.02. The van der Waals surface area contributed by atoms with Gasteiger partial charge < -0.3 is 10.0 Å². The second kappa shape index (κ2) is 12.9. The summed E-state index contributed by atoms with van der Waals surface area (Å²) in [5, 5.41) is 18.6. The number of hydrogen-bond donors (Lipinski definition) is 1. The van der Waals surface area contributed by atoms with E-state index in [0.717, 1.165) is 0 Å². The van der Waals surface area contributed by atoms with E-state index in [1.54, 1.807) is 24.3 Å². The number of likely N-dealkylation sites (tertiary alicyclic amines) is 1. The predicted octanol–water partition coefficient (Wildman–Crippen LogP) is 6.95. The smallest absolute Gasteiger partial charge is 0.304 e. The normalized spacial score (nSPS) is 17.8. The lowest BCUT2D eigenvalue weighted by atomic mass is 9.81. The van der Waals surface area contributed by atoms with E-state index in [0.29, 0.717) is 42.1 Å². The maximum absolute atomic E-state index is 14.0. The first-order valence-corrected chi connectivity index (χ1v) is 11.2. The van der Waals surface area contributed by atoms with Crippen molar-refractivity contribution < 1.29 is 18.7 Å². The van der Waals surface area contributed by atoms with Crippen LogP contribution < -0.4 is 0 Å². The molecule has 0 aliphatic carbocycles. The minimum Gasteiger partial charge on any atom is -0.481 e. The number of carbonyl (C=O) groups is 1. The third kappa shape index (κ3) is 10.5. The lowest BCUT2D eigenvalue weighted by molar-refractivity contribution is -0.137. The van der Waals surface area contributed by atoms with Crippen LogP contribution in [-0.4, -0.2) is 35.6 Å². The first-order valence-electron chi connectivity index (χ1n) is 10.5. The Hall–Kier alpha value is -2.20. The summed E-state index contributed by atoms with van der Waals surface area (Å²) in [4.78, 5) is 12.5. The third-order valence-electron chi connectivity index (χ3n) is 4.48. The van der Waals surface area contributed by atoms with Crippen LogP contribution in [0.3, 0.4) is 0 Å². The summed E-state index contributed by atoms with van der Waals surface area (Å²) in [5.41, 5.74) is -0.0880. The lowest BCUT2D eigenvalue weighted by Crippen LogP contribution is -2.31. The Morgan fingerprint density at radius 1 is 1.15 bits per heavy atom. The van der Waals surface area contributed by atoms with E-state index in [1.165, 1.54) is 18.2 Å². The van der Waals surface area contributed by atoms with Crippen LogP contribution in [0.1, 0.15) is 46.1 Å². The summed E-state index contributed by atoms with van der Waals surface area (Å²) in [6.07, 6.45) is 0.506. The van der Waals surface area contributed by atoms with Gasteiger partial charge in [0.1, 0.15) is 11.6 Å². The van der Waals surface area contributed by atoms with Gasteiger partial charge in [-0.15, -0.1) is 0 Å². The Bertz CT molecular complexity index is 947. The summed E-state index contributed by atoms with van der Waals surface area (Å²) in [6.45, 7) is 10.0. The van der Waals surface area contributed by atoms with Gasteiger partial charge in [0.15, 0.2) is 0 Å². The van der Waals surface area contributed by atoms with E-state index < -0.39 is 17.2 Å². The molecule has 0 saturated carbocycles. The summed E-state index contributed by atoms with van der Waals surface area (Å²) in [6, 6.07) is 12.6. The fraction of sp³-hybridized carbons (Fsp3) is 0.440. The van der Waals surface area contributed by atoms with Crippen molar-refractivity contribution >= 4 is 29.2 Å². The molecule has 0 radical (unpaired) electrons. The Balaban J connectivity index is 0.000000343. The van der Waals surface area contributed by atoms with E-state index >= 15 is 0 Å². The molecule has 0 spiro atoms. The van der Waals surface area contributed by atoms with Gasteiger partial charge in [0, 0.05) is 30.2 Å². The maximum Gasteiger partial charge on any atom is 0.304 e. The molecule has 1 fully saturated rings. The number of rotatable bonds is 4. The fourth-order valence-corrected chi connectivity index (χ4v) is 3.32. The SMILES string of the molecule is CC(C)(C)C.Fc1ccccc1Cl.N#CC1(c2ccc(Cl)cc2F)CCN(CCC(=O)O)C1. The van der Waals surface area contributed by atoms with Gasteiger partial charge >= 0.3 is 5.97 Å². The Kier molecular flexibility index (Phi) is 11.3. The molecule has 1 aliphatic heterocycles. The molecule has 1 unspecified atom stereocenters. The number of benzene rings is 2. The highest BCUT2D eigenvalue weighted by atomic mass is 35.5. The van der Waals surface area contributed by atoms with Crippen molar-refractivity contribution in [3.05, 3.63) is 69.7 Å². The maximum atomic E-state index is 14.0. The van der Waals surface area contributed by atoms with Crippen molar-refractivity contribution in [3.63, 3.8) is 0 Å². The van der Waals surface area contributed by atoms with Crippen LogP contribution in [0, 0.1) is 28.4 Å². The number of nitriles is 1. The Labute approximate surface area is 204 Å². The van der Waals surface area contributed by atoms with Crippen molar-refractivity contribution in [1.82, 2.24) is 4.90 Å². The van der Waals surface area contributed by atoms with Crippen LogP contribution in [0.5, 0.6) is 0 Å². The van der Waals surface area contributed by atoms with Crippen molar-refractivity contribution in [1.29, 1.82) is 5.26 Å². The summed E-state index contributed by atoms with van der Waals surface area (Å²) >= 11 is 11.1. The van der Waals surface area contributed by atoms with Crippen molar-refractivity contribution in [2.24, 2.45) is 5.41 Å². The van der Waals surface area contributed by atoms with E-state index in [1.807, 2.05) is 4.90 Å². The van der Waals surface area contributed by atoms with Gasteiger partial charge in [0.25, 0.3) is 0 Å². The summed E-state index contributed by atoms with van der Waals surface area (Å²) in [7, 11) is 0. The van der Waals surface area contributed by atoms with Crippen LogP contribution in [-0.2, 0) is 10.2 Å². The van der Waals surface area contributed by atoms with Gasteiger partial charge in [-0.3, -0.25) is 4.79 Å². The Morgan fingerprint density at radius 2 is 1.76 bits per heavy atom. The van der Waals surface area contributed by atoms with Crippen LogP contribution in [0.4, 0.5) is 8.78 Å². The minimum atomic E-state index is -0.923. The van der Waals surface area contributed by atoms with Crippen LogP contribution in [0.15, 0.2) is 42.5 Å². The highest BCUT2D eigenvalue weighted by Gasteiger charge is 2.41. The molecular formula is C25H30Cl2F2N2O2. The topological polar surface area (TPSA) is 64.3 Å². The van der Waals surface area contributed by atoms with Crippen molar-refractivity contribution in [3.8, 4) is 6.07 Å². The molecule has 4 nitrogen and oxygen atoms in total. The highest BCUT2D eigenvalue weighted by Crippen LogP contribution is 2.36. The van der Waals surface area contributed by atoms with E-state index in [9.17, 15) is 18.8 Å². The standard InChI is InChI=1S/C14H14ClFN2O2.C6H4ClF.C5H12/c15-10-1-2-11(12(16)7-10)14(8-17)4-6-18(9-14)5-3-13(19)20;7-5-3-1-2-4-6(5)8;1-5(2,3)4/h1-2,7H,3-6,9H2,(H,19,20);1-4H;1-4H3. The zero-order valence-corrected chi connectivity index (χ0v) is 20.9. The molecule has 8 heteroatoms. The largest absolute Gasteiger partial charge is 0.481 e. The molecule has 3 rings (SSSR count). The van der Waals surface area contributed by atoms with Gasteiger partial charge in [-0.05, 0) is 36.1 Å². The number of halogens is 4. The number of nitrogens with zero attached hydrogens (tertiary/aromatic N) is 2. The Morgan fingerprint density at radius 3 is 2.21 bits per heavy atom. The quantitative estimate of drug-likeness (QED) is 0.494. The molecule has 1 aliphatic rings. The van der Waals surface area contributed by atoms with E-state index in [4.69, 9.17) is 28.3 Å². The second-order valence-electron chi connectivity index (χ2n) is 9.40. The average molecular weight is 499 g/mol. The zero-order chi connectivity index (χ0) is 25.2. The zero-order valence-electron chi connectivity index (χ0n) is 19.3. The monoisotopic (exact) mass is 498 g/mol. The molecule has 180 valence electrons. The van der Waals surface area contributed by atoms with Gasteiger partial charge in [-0.2, -0.15) is 5.26 Å². The van der Waals surface area contributed by atoms with Crippen LogP contribution in [0.25, 0.3) is 0 Å². The summed E-state index contributed by atoms with van der Waals surface area (Å²) < 4.78 is 26.2. The molecule has 33 heavy (non-hydrogen) atoms. The first kappa shape index (κ1) is 28.8. The highest BCUT2D eigenvalue weighted by molar-refractivity contribution is 6.30. The van der Waals surface area contributed by atoms with Crippen LogP contribution in [0.2, 0.25) is 10.0 Å². The summed E-state index contributed by atoms with van der Waals surface area (Å²) in [5.74, 6) is -1.73. The number of aliphatic carboxylic acids is 1. The van der Waals surface area contributed by atoms with Crippen molar-refractivity contribution in [2.45, 2.75) is 46.0 Å². The average Bonchev–Trinajstić information content (AvgIpc) is 3.12. The molecule has 1 heterocycles. The van der Waals surface area contributed by atoms with Gasteiger partial charge in [-0.1, -0.05) is 69.1 Å². The molecule has 0 amide bonds.